The van der Waals surface area contributed by atoms with Crippen molar-refractivity contribution in [2.45, 2.75) is 69.5 Å². The standard InChI is InChI=1S/C32H36F2N6O/c1-2-21-25(33)9-10-26-27(21)24(15-35-26)22-7-8-23-29(28(22)34)37-31(41-18-32-11-3-13-40(32)14-4-12-32)38-30(23)39-16-19-5-6-20(17-39)36-19/h7-10,15,19-20,35-36H,2-6,11-14,16-18H2,1H3. The molecule has 41 heavy (non-hydrogen) atoms. The minimum absolute atomic E-state index is 0.0394. The van der Waals surface area contributed by atoms with Crippen LogP contribution in [0.15, 0.2) is 30.5 Å². The van der Waals surface area contributed by atoms with Gasteiger partial charge in [0, 0.05) is 58.8 Å². The van der Waals surface area contributed by atoms with Gasteiger partial charge in [-0.15, -0.1) is 0 Å². The molecule has 8 rings (SSSR count). The van der Waals surface area contributed by atoms with Crippen molar-refractivity contribution in [3.63, 3.8) is 0 Å². The Labute approximate surface area is 238 Å². The summed E-state index contributed by atoms with van der Waals surface area (Å²) in [6.07, 6.45) is 9.16. The van der Waals surface area contributed by atoms with Crippen molar-refractivity contribution in [1.82, 2.24) is 25.2 Å². The fourth-order valence-electron chi connectivity index (χ4n) is 8.10. The number of benzene rings is 2. The van der Waals surface area contributed by atoms with Gasteiger partial charge in [-0.3, -0.25) is 4.90 Å². The molecule has 0 radical (unpaired) electrons. The number of nitrogens with zero attached hydrogens (tertiary/aromatic N) is 4. The van der Waals surface area contributed by atoms with Crippen molar-refractivity contribution in [3.8, 4) is 17.1 Å². The minimum atomic E-state index is -0.428. The van der Waals surface area contributed by atoms with E-state index < -0.39 is 5.82 Å². The highest BCUT2D eigenvalue weighted by Crippen LogP contribution is 2.41. The van der Waals surface area contributed by atoms with Crippen LogP contribution in [0.3, 0.4) is 0 Å². The normalized spacial score (nSPS) is 23.6. The minimum Gasteiger partial charge on any atom is -0.461 e. The van der Waals surface area contributed by atoms with Crippen LogP contribution in [0.2, 0.25) is 0 Å². The van der Waals surface area contributed by atoms with Crippen LogP contribution in [0.4, 0.5) is 14.6 Å². The van der Waals surface area contributed by atoms with Crippen molar-refractivity contribution < 1.29 is 13.5 Å². The van der Waals surface area contributed by atoms with Crippen molar-refractivity contribution in [3.05, 3.63) is 47.7 Å². The molecule has 0 amide bonds. The Morgan fingerprint density at radius 1 is 1.00 bits per heavy atom. The fraction of sp³-hybridized carbons (Fsp3) is 0.500. The second-order valence-electron chi connectivity index (χ2n) is 12.4. The highest BCUT2D eigenvalue weighted by Gasteiger charge is 2.45. The Morgan fingerprint density at radius 3 is 2.54 bits per heavy atom. The number of aromatic amines is 1. The third kappa shape index (κ3) is 4.03. The van der Waals surface area contributed by atoms with E-state index in [1.165, 1.54) is 18.9 Å². The molecular formula is C32H36F2N6O. The number of halogens is 2. The van der Waals surface area contributed by atoms with Crippen LogP contribution in [0.25, 0.3) is 32.9 Å². The predicted molar refractivity (Wildman–Crippen MR) is 157 cm³/mol. The highest BCUT2D eigenvalue weighted by atomic mass is 19.1. The van der Waals surface area contributed by atoms with Crippen LogP contribution >= 0.6 is 0 Å². The number of rotatable bonds is 6. The lowest BCUT2D eigenvalue weighted by Gasteiger charge is -2.34. The molecule has 2 bridgehead atoms. The van der Waals surface area contributed by atoms with Gasteiger partial charge in [-0.05, 0) is 81.8 Å². The van der Waals surface area contributed by atoms with Crippen LogP contribution in [0, 0.1) is 11.6 Å². The molecule has 7 nitrogen and oxygen atoms in total. The highest BCUT2D eigenvalue weighted by molar-refractivity contribution is 6.01. The number of H-pyrrole nitrogens is 1. The van der Waals surface area contributed by atoms with E-state index in [9.17, 15) is 4.39 Å². The lowest BCUT2D eigenvalue weighted by molar-refractivity contribution is 0.108. The molecule has 4 aliphatic rings. The van der Waals surface area contributed by atoms with Crippen molar-refractivity contribution in [2.24, 2.45) is 0 Å². The number of hydrogen-bond donors (Lipinski definition) is 2. The third-order valence-electron chi connectivity index (χ3n) is 10.1. The van der Waals surface area contributed by atoms with Gasteiger partial charge in [-0.2, -0.15) is 9.97 Å². The largest absolute Gasteiger partial charge is 0.461 e. The lowest BCUT2D eigenvalue weighted by Crippen LogP contribution is -2.51. The second-order valence-corrected chi connectivity index (χ2v) is 12.4. The first-order valence-corrected chi connectivity index (χ1v) is 15.2. The molecule has 0 aliphatic carbocycles. The van der Waals surface area contributed by atoms with Crippen molar-refractivity contribution in [1.29, 1.82) is 0 Å². The van der Waals surface area contributed by atoms with Gasteiger partial charge in [0.1, 0.15) is 23.8 Å². The number of hydrogen-bond acceptors (Lipinski definition) is 6. The number of piperazine rings is 1. The Kier molecular flexibility index (Phi) is 5.97. The van der Waals surface area contributed by atoms with E-state index in [0.29, 0.717) is 47.2 Å². The van der Waals surface area contributed by atoms with E-state index >= 15 is 4.39 Å². The van der Waals surface area contributed by atoms with E-state index in [2.05, 4.69) is 20.1 Å². The molecule has 4 fully saturated rings. The van der Waals surface area contributed by atoms with E-state index in [1.54, 1.807) is 18.3 Å². The molecule has 2 aromatic heterocycles. The van der Waals surface area contributed by atoms with Gasteiger partial charge in [-0.25, -0.2) is 8.78 Å². The molecule has 2 aromatic carbocycles. The van der Waals surface area contributed by atoms with Crippen molar-refractivity contribution >= 4 is 27.6 Å². The van der Waals surface area contributed by atoms with Gasteiger partial charge >= 0.3 is 6.01 Å². The number of ether oxygens (including phenoxy) is 1. The van der Waals surface area contributed by atoms with Gasteiger partial charge < -0.3 is 19.9 Å². The summed E-state index contributed by atoms with van der Waals surface area (Å²) >= 11 is 0. The van der Waals surface area contributed by atoms with Gasteiger partial charge in [-0.1, -0.05) is 13.0 Å². The molecule has 0 saturated carbocycles. The Balaban J connectivity index is 1.25. The molecule has 4 aliphatic heterocycles. The fourth-order valence-corrected chi connectivity index (χ4v) is 8.10. The van der Waals surface area contributed by atoms with E-state index in [4.69, 9.17) is 14.7 Å². The molecule has 2 atom stereocenters. The zero-order chi connectivity index (χ0) is 27.7. The lowest BCUT2D eigenvalue weighted by atomic mass is 9.95. The molecule has 214 valence electrons. The Bertz CT molecular complexity index is 1630. The number of fused-ring (bicyclic) bond motifs is 5. The Morgan fingerprint density at radius 2 is 1.78 bits per heavy atom. The number of aryl methyl sites for hydroxylation is 1. The molecule has 0 spiro atoms. The first-order valence-electron chi connectivity index (χ1n) is 15.2. The topological polar surface area (TPSA) is 69.3 Å². The summed E-state index contributed by atoms with van der Waals surface area (Å²) < 4.78 is 37.8. The molecular weight excluding hydrogens is 522 g/mol. The first-order chi connectivity index (χ1) is 20.0. The van der Waals surface area contributed by atoms with Gasteiger partial charge in [0.2, 0.25) is 0 Å². The molecule has 2 unspecified atom stereocenters. The zero-order valence-corrected chi connectivity index (χ0v) is 23.5. The molecule has 2 N–H and O–H groups in total. The van der Waals surface area contributed by atoms with Gasteiger partial charge in [0.15, 0.2) is 5.82 Å². The monoisotopic (exact) mass is 558 g/mol. The van der Waals surface area contributed by atoms with Gasteiger partial charge in [0.25, 0.3) is 0 Å². The third-order valence-corrected chi connectivity index (χ3v) is 10.1. The van der Waals surface area contributed by atoms with Crippen LogP contribution in [0.5, 0.6) is 6.01 Å². The summed E-state index contributed by atoms with van der Waals surface area (Å²) in [5, 5.41) is 5.08. The van der Waals surface area contributed by atoms with E-state index in [-0.39, 0.29) is 22.9 Å². The number of nitrogens with one attached hydrogen (secondary N) is 2. The van der Waals surface area contributed by atoms with Crippen LogP contribution in [0.1, 0.15) is 51.0 Å². The zero-order valence-electron chi connectivity index (χ0n) is 23.5. The summed E-state index contributed by atoms with van der Waals surface area (Å²) in [5.41, 5.74) is 2.71. The summed E-state index contributed by atoms with van der Waals surface area (Å²) in [7, 11) is 0. The molecule has 4 aromatic rings. The summed E-state index contributed by atoms with van der Waals surface area (Å²) in [5.74, 6) is 0.0334. The van der Waals surface area contributed by atoms with Crippen LogP contribution < -0.4 is 15.0 Å². The quantitative estimate of drug-likeness (QED) is 0.323. The predicted octanol–water partition coefficient (Wildman–Crippen LogP) is 5.57. The van der Waals surface area contributed by atoms with E-state index in [0.717, 1.165) is 68.6 Å². The summed E-state index contributed by atoms with van der Waals surface area (Å²) in [6, 6.07) is 7.96. The smallest absolute Gasteiger partial charge is 0.319 e. The summed E-state index contributed by atoms with van der Waals surface area (Å²) in [6.45, 7) is 6.31. The average Bonchev–Trinajstić information content (AvgIpc) is 3.75. The average molecular weight is 559 g/mol. The SMILES string of the molecule is CCc1c(F)ccc2[nH]cc(-c3ccc4c(N5CC6CCC(C5)N6)nc(OCC56CCCN5CCC6)nc4c3F)c12. The van der Waals surface area contributed by atoms with Gasteiger partial charge in [0.05, 0.1) is 5.54 Å². The maximum atomic E-state index is 16.7. The Hall–Kier alpha value is -3.30. The maximum absolute atomic E-state index is 16.7. The number of aromatic nitrogens is 3. The van der Waals surface area contributed by atoms with Crippen LogP contribution in [-0.2, 0) is 6.42 Å². The molecule has 4 saturated heterocycles. The maximum Gasteiger partial charge on any atom is 0.319 e. The second kappa shape index (κ2) is 9.63. The first kappa shape index (κ1) is 25.4. The molecule has 9 heteroatoms. The number of anilines is 1. The summed E-state index contributed by atoms with van der Waals surface area (Å²) in [4.78, 5) is 17.7. The van der Waals surface area contributed by atoms with E-state index in [1.807, 2.05) is 13.0 Å². The molecule has 6 heterocycles. The van der Waals surface area contributed by atoms with Crippen molar-refractivity contribution in [2.75, 3.05) is 37.7 Å². The van der Waals surface area contributed by atoms with Crippen LogP contribution in [-0.4, -0.2) is 70.3 Å².